The SMILES string of the molecule is CC1Cc2c(c3cccc(Cl)c3n2CCc2ccncc2)CN1C. The van der Waals surface area contributed by atoms with Gasteiger partial charge in [-0.25, -0.2) is 0 Å². The van der Waals surface area contributed by atoms with Crippen LogP contribution in [0, 0.1) is 0 Å². The van der Waals surface area contributed by atoms with E-state index >= 15 is 0 Å². The van der Waals surface area contributed by atoms with Crippen LogP contribution in [0.1, 0.15) is 23.7 Å². The molecule has 0 radical (unpaired) electrons. The van der Waals surface area contributed by atoms with E-state index in [2.05, 4.69) is 52.7 Å². The molecule has 0 spiro atoms. The molecule has 0 amide bonds. The molecule has 1 aromatic carbocycles. The summed E-state index contributed by atoms with van der Waals surface area (Å²) in [5, 5.41) is 2.16. The molecule has 124 valence electrons. The van der Waals surface area contributed by atoms with Crippen molar-refractivity contribution < 1.29 is 0 Å². The van der Waals surface area contributed by atoms with Crippen molar-refractivity contribution in [2.75, 3.05) is 7.05 Å². The van der Waals surface area contributed by atoms with Crippen molar-refractivity contribution in [1.82, 2.24) is 14.5 Å². The summed E-state index contributed by atoms with van der Waals surface area (Å²) >= 11 is 6.59. The number of likely N-dealkylation sites (N-methyl/N-ethyl adjacent to an activating group) is 1. The lowest BCUT2D eigenvalue weighted by molar-refractivity contribution is 0.228. The maximum Gasteiger partial charge on any atom is 0.0675 e. The summed E-state index contributed by atoms with van der Waals surface area (Å²) in [5.74, 6) is 0. The molecule has 3 heterocycles. The minimum Gasteiger partial charge on any atom is -0.343 e. The van der Waals surface area contributed by atoms with E-state index in [0.29, 0.717) is 6.04 Å². The van der Waals surface area contributed by atoms with Crippen molar-refractivity contribution in [2.24, 2.45) is 0 Å². The zero-order valence-electron chi connectivity index (χ0n) is 14.2. The van der Waals surface area contributed by atoms with Gasteiger partial charge in [-0.15, -0.1) is 0 Å². The summed E-state index contributed by atoms with van der Waals surface area (Å²) in [7, 11) is 2.21. The fourth-order valence-corrected chi connectivity index (χ4v) is 4.05. The van der Waals surface area contributed by atoms with E-state index in [1.54, 1.807) is 0 Å². The lowest BCUT2D eigenvalue weighted by Crippen LogP contribution is -2.35. The van der Waals surface area contributed by atoms with E-state index in [1.165, 1.54) is 27.7 Å². The Morgan fingerprint density at radius 3 is 2.79 bits per heavy atom. The minimum absolute atomic E-state index is 0.556. The molecule has 1 unspecified atom stereocenters. The molecule has 24 heavy (non-hydrogen) atoms. The number of fused-ring (bicyclic) bond motifs is 3. The smallest absolute Gasteiger partial charge is 0.0675 e. The Kier molecular flexibility index (Phi) is 4.07. The number of aromatic nitrogens is 2. The van der Waals surface area contributed by atoms with Crippen LogP contribution in [0.4, 0.5) is 0 Å². The number of pyridine rings is 1. The molecule has 0 bridgehead atoms. The van der Waals surface area contributed by atoms with Gasteiger partial charge in [0.05, 0.1) is 10.5 Å². The van der Waals surface area contributed by atoms with E-state index in [4.69, 9.17) is 11.6 Å². The largest absolute Gasteiger partial charge is 0.343 e. The lowest BCUT2D eigenvalue weighted by Gasteiger charge is -2.31. The lowest BCUT2D eigenvalue weighted by atomic mass is 10.00. The third-order valence-electron chi connectivity index (χ3n) is 5.28. The third-order valence-corrected chi connectivity index (χ3v) is 5.58. The summed E-state index contributed by atoms with van der Waals surface area (Å²) in [6, 6.07) is 11.0. The fraction of sp³-hybridized carbons (Fsp3) is 0.350. The van der Waals surface area contributed by atoms with E-state index in [0.717, 1.165) is 31.0 Å². The number of benzene rings is 1. The number of aryl methyl sites for hydroxylation is 2. The molecule has 3 aromatic rings. The topological polar surface area (TPSA) is 21.1 Å². The molecule has 0 N–H and O–H groups in total. The quantitative estimate of drug-likeness (QED) is 0.709. The molecule has 0 aliphatic carbocycles. The van der Waals surface area contributed by atoms with Gasteiger partial charge < -0.3 is 4.57 Å². The molecule has 0 saturated heterocycles. The van der Waals surface area contributed by atoms with Crippen molar-refractivity contribution in [3.8, 4) is 0 Å². The highest BCUT2D eigenvalue weighted by atomic mass is 35.5. The Labute approximate surface area is 147 Å². The van der Waals surface area contributed by atoms with E-state index in [9.17, 15) is 0 Å². The van der Waals surface area contributed by atoms with Crippen LogP contribution in [0.5, 0.6) is 0 Å². The first-order chi connectivity index (χ1) is 11.6. The van der Waals surface area contributed by atoms with Crippen LogP contribution in [0.15, 0.2) is 42.7 Å². The molecular formula is C20H22ClN3. The van der Waals surface area contributed by atoms with Gasteiger partial charge in [0.15, 0.2) is 0 Å². The number of hydrogen-bond donors (Lipinski definition) is 0. The third kappa shape index (κ3) is 2.62. The zero-order valence-corrected chi connectivity index (χ0v) is 14.9. The molecule has 3 nitrogen and oxygen atoms in total. The van der Waals surface area contributed by atoms with Gasteiger partial charge in [0, 0.05) is 49.0 Å². The van der Waals surface area contributed by atoms with Crippen molar-refractivity contribution >= 4 is 22.5 Å². The normalized spacial score (nSPS) is 18.0. The second-order valence-corrected chi connectivity index (χ2v) is 7.19. The number of para-hydroxylation sites is 1. The van der Waals surface area contributed by atoms with Gasteiger partial charge in [0.25, 0.3) is 0 Å². The second-order valence-electron chi connectivity index (χ2n) is 6.79. The molecule has 1 aliphatic heterocycles. The minimum atomic E-state index is 0.556. The molecule has 1 aliphatic rings. The van der Waals surface area contributed by atoms with Crippen LogP contribution in [0.25, 0.3) is 10.9 Å². The molecule has 2 aromatic heterocycles. The van der Waals surface area contributed by atoms with Crippen LogP contribution in [-0.4, -0.2) is 27.5 Å². The first-order valence-electron chi connectivity index (χ1n) is 8.52. The predicted octanol–water partition coefficient (Wildman–Crippen LogP) is 4.31. The Morgan fingerprint density at radius 1 is 1.21 bits per heavy atom. The van der Waals surface area contributed by atoms with Crippen LogP contribution < -0.4 is 0 Å². The van der Waals surface area contributed by atoms with Crippen LogP contribution in [0.3, 0.4) is 0 Å². The summed E-state index contributed by atoms with van der Waals surface area (Å²) in [6.45, 7) is 4.25. The number of halogens is 1. The van der Waals surface area contributed by atoms with Gasteiger partial charge in [-0.05, 0) is 49.7 Å². The number of hydrogen-bond acceptors (Lipinski definition) is 2. The van der Waals surface area contributed by atoms with E-state index < -0.39 is 0 Å². The highest BCUT2D eigenvalue weighted by molar-refractivity contribution is 6.35. The standard InChI is InChI=1S/C20H22ClN3/c1-14-12-19-17(13-23(14)2)16-4-3-5-18(21)20(16)24(19)11-8-15-6-9-22-10-7-15/h3-7,9-10,14H,8,11-13H2,1-2H3. The Balaban J connectivity index is 1.80. The summed E-state index contributed by atoms with van der Waals surface area (Å²) in [5.41, 5.74) is 5.41. The first-order valence-corrected chi connectivity index (χ1v) is 8.90. The predicted molar refractivity (Wildman–Crippen MR) is 99.5 cm³/mol. The summed E-state index contributed by atoms with van der Waals surface area (Å²) < 4.78 is 2.46. The highest BCUT2D eigenvalue weighted by Crippen LogP contribution is 2.36. The van der Waals surface area contributed by atoms with Crippen LogP contribution >= 0.6 is 11.6 Å². The maximum absolute atomic E-state index is 6.59. The van der Waals surface area contributed by atoms with E-state index in [1.807, 2.05) is 18.5 Å². The van der Waals surface area contributed by atoms with Crippen LogP contribution in [-0.2, 0) is 25.9 Å². The Bertz CT molecular complexity index is 869. The molecule has 1 atom stereocenters. The van der Waals surface area contributed by atoms with Crippen LogP contribution in [0.2, 0.25) is 5.02 Å². The zero-order chi connectivity index (χ0) is 16.7. The second kappa shape index (κ2) is 6.23. The fourth-order valence-electron chi connectivity index (χ4n) is 3.77. The van der Waals surface area contributed by atoms with Gasteiger partial charge >= 0.3 is 0 Å². The van der Waals surface area contributed by atoms with Gasteiger partial charge in [-0.2, -0.15) is 0 Å². The molecule has 0 fully saturated rings. The molecule has 4 rings (SSSR count). The number of rotatable bonds is 3. The van der Waals surface area contributed by atoms with Gasteiger partial charge in [0.1, 0.15) is 0 Å². The van der Waals surface area contributed by atoms with Crippen molar-refractivity contribution in [3.63, 3.8) is 0 Å². The molecular weight excluding hydrogens is 318 g/mol. The monoisotopic (exact) mass is 339 g/mol. The van der Waals surface area contributed by atoms with Crippen molar-refractivity contribution in [1.29, 1.82) is 0 Å². The van der Waals surface area contributed by atoms with Crippen molar-refractivity contribution in [2.45, 2.75) is 38.9 Å². The van der Waals surface area contributed by atoms with Gasteiger partial charge in [-0.3, -0.25) is 9.88 Å². The number of nitrogens with zero attached hydrogens (tertiary/aromatic N) is 3. The summed E-state index contributed by atoms with van der Waals surface area (Å²) in [4.78, 5) is 6.54. The van der Waals surface area contributed by atoms with Gasteiger partial charge in [-0.1, -0.05) is 23.7 Å². The summed E-state index contributed by atoms with van der Waals surface area (Å²) in [6.07, 6.45) is 5.80. The average molecular weight is 340 g/mol. The molecule has 4 heteroatoms. The van der Waals surface area contributed by atoms with Crippen molar-refractivity contribution in [3.05, 3.63) is 64.6 Å². The first kappa shape index (κ1) is 15.7. The van der Waals surface area contributed by atoms with E-state index in [-0.39, 0.29) is 0 Å². The average Bonchev–Trinajstić information content (AvgIpc) is 2.89. The van der Waals surface area contributed by atoms with Gasteiger partial charge in [0.2, 0.25) is 0 Å². The Morgan fingerprint density at radius 2 is 2.00 bits per heavy atom. The Hall–Kier alpha value is -1.84. The maximum atomic E-state index is 6.59. The highest BCUT2D eigenvalue weighted by Gasteiger charge is 2.27. The molecule has 0 saturated carbocycles.